The van der Waals surface area contributed by atoms with Crippen LogP contribution < -0.4 is 9.64 Å². The van der Waals surface area contributed by atoms with Gasteiger partial charge in [-0.05, 0) is 62.7 Å². The Morgan fingerprint density at radius 3 is 2.14 bits per heavy atom. The van der Waals surface area contributed by atoms with E-state index in [0.29, 0.717) is 6.04 Å². The highest BCUT2D eigenvalue weighted by Gasteiger charge is 2.22. The predicted molar refractivity (Wildman–Crippen MR) is 119 cm³/mol. The molecule has 5 heteroatoms. The lowest BCUT2D eigenvalue weighted by Crippen LogP contribution is -2.48. The number of piperazine rings is 1. The molecule has 29 heavy (non-hydrogen) atoms. The summed E-state index contributed by atoms with van der Waals surface area (Å²) in [6, 6.07) is 16.7. The van der Waals surface area contributed by atoms with Crippen LogP contribution in [0.1, 0.15) is 36.7 Å². The molecule has 0 bridgehead atoms. The Bertz CT molecular complexity index is 779. The molecule has 0 unspecified atom stereocenters. The Kier molecular flexibility index (Phi) is 7.15. The van der Waals surface area contributed by atoms with E-state index >= 15 is 0 Å². The van der Waals surface area contributed by atoms with Gasteiger partial charge in [0.1, 0.15) is 5.75 Å². The maximum absolute atomic E-state index is 12.9. The molecule has 1 aliphatic rings. The van der Waals surface area contributed by atoms with E-state index in [1.54, 1.807) is 7.11 Å². The van der Waals surface area contributed by atoms with Crippen molar-refractivity contribution in [3.05, 3.63) is 59.7 Å². The molecule has 0 aromatic heterocycles. The number of hydrogen-bond acceptors (Lipinski definition) is 4. The van der Waals surface area contributed by atoms with Crippen molar-refractivity contribution in [2.45, 2.75) is 33.4 Å². The van der Waals surface area contributed by atoms with Crippen molar-refractivity contribution in [1.82, 2.24) is 9.80 Å². The third kappa shape index (κ3) is 5.30. The van der Waals surface area contributed by atoms with Gasteiger partial charge in [-0.1, -0.05) is 12.1 Å². The first-order valence-corrected chi connectivity index (χ1v) is 10.5. The number of carbonyl (C=O) groups is 1. The van der Waals surface area contributed by atoms with E-state index in [9.17, 15) is 4.79 Å². The zero-order valence-corrected chi connectivity index (χ0v) is 18.1. The lowest BCUT2D eigenvalue weighted by molar-refractivity contribution is 0.0628. The molecule has 0 atom stereocenters. The normalized spacial score (nSPS) is 14.9. The zero-order chi connectivity index (χ0) is 20.8. The fourth-order valence-corrected chi connectivity index (χ4v) is 3.92. The minimum atomic E-state index is 0.133. The Balaban J connectivity index is 1.54. The Morgan fingerprint density at radius 1 is 1.00 bits per heavy atom. The quantitative estimate of drug-likeness (QED) is 0.713. The molecule has 1 heterocycles. The Morgan fingerprint density at radius 2 is 1.62 bits per heavy atom. The summed E-state index contributed by atoms with van der Waals surface area (Å²) in [5.41, 5.74) is 3.22. The molecule has 0 N–H and O–H groups in total. The van der Waals surface area contributed by atoms with Crippen molar-refractivity contribution in [3.63, 3.8) is 0 Å². The summed E-state index contributed by atoms with van der Waals surface area (Å²) in [6.07, 6.45) is 0. The second kappa shape index (κ2) is 9.79. The van der Waals surface area contributed by atoms with Crippen LogP contribution in [0.5, 0.6) is 5.75 Å². The number of anilines is 1. The summed E-state index contributed by atoms with van der Waals surface area (Å²) < 4.78 is 5.22. The van der Waals surface area contributed by atoms with E-state index in [-0.39, 0.29) is 5.91 Å². The van der Waals surface area contributed by atoms with Crippen LogP contribution in [0.15, 0.2) is 48.5 Å². The molecule has 156 valence electrons. The third-order valence-corrected chi connectivity index (χ3v) is 5.63. The maximum atomic E-state index is 12.9. The fraction of sp³-hybridized carbons (Fsp3) is 0.458. The molecule has 1 amide bonds. The van der Waals surface area contributed by atoms with Gasteiger partial charge in [-0.2, -0.15) is 0 Å². The number of ether oxygens (including phenoxy) is 1. The summed E-state index contributed by atoms with van der Waals surface area (Å²) >= 11 is 0. The molecule has 2 aromatic rings. The van der Waals surface area contributed by atoms with Gasteiger partial charge in [0.2, 0.25) is 0 Å². The van der Waals surface area contributed by atoms with E-state index in [0.717, 1.165) is 50.6 Å². The summed E-state index contributed by atoms with van der Waals surface area (Å²) in [5.74, 6) is 1.01. The van der Waals surface area contributed by atoms with Crippen LogP contribution in [0.3, 0.4) is 0 Å². The first-order chi connectivity index (χ1) is 14.0. The first kappa shape index (κ1) is 21.2. The van der Waals surface area contributed by atoms with Gasteiger partial charge in [-0.25, -0.2) is 0 Å². The molecule has 1 fully saturated rings. The highest BCUT2D eigenvalue weighted by atomic mass is 16.5. The number of benzene rings is 2. The van der Waals surface area contributed by atoms with Crippen LogP contribution in [-0.4, -0.2) is 61.6 Å². The van der Waals surface area contributed by atoms with Crippen LogP contribution in [0.25, 0.3) is 0 Å². The molecule has 1 saturated heterocycles. The van der Waals surface area contributed by atoms with E-state index in [1.807, 2.05) is 29.2 Å². The molecule has 5 nitrogen and oxygen atoms in total. The lowest BCUT2D eigenvalue weighted by Gasteiger charge is -2.35. The minimum absolute atomic E-state index is 0.133. The van der Waals surface area contributed by atoms with E-state index in [4.69, 9.17) is 4.74 Å². The average Bonchev–Trinajstić information content (AvgIpc) is 2.75. The molecule has 0 spiro atoms. The van der Waals surface area contributed by atoms with Gasteiger partial charge in [0.05, 0.1) is 7.11 Å². The molecule has 0 saturated carbocycles. The molecule has 2 aromatic carbocycles. The number of carbonyl (C=O) groups excluding carboxylic acids is 1. The first-order valence-electron chi connectivity index (χ1n) is 10.5. The summed E-state index contributed by atoms with van der Waals surface area (Å²) in [4.78, 5) is 19.6. The summed E-state index contributed by atoms with van der Waals surface area (Å²) in [7, 11) is 1.68. The molecule has 3 rings (SSSR count). The highest BCUT2D eigenvalue weighted by molar-refractivity contribution is 5.94. The number of methoxy groups -OCH3 is 1. The molecule has 1 aliphatic heterocycles. The van der Waals surface area contributed by atoms with Crippen molar-refractivity contribution in [3.8, 4) is 5.75 Å². The van der Waals surface area contributed by atoms with Crippen LogP contribution in [-0.2, 0) is 6.54 Å². The second-order valence-corrected chi connectivity index (χ2v) is 7.84. The fourth-order valence-electron chi connectivity index (χ4n) is 3.92. The molecular formula is C24H33N3O2. The standard InChI is InChI=1S/C24H33N3O2/c1-5-27(19(2)3)22-10-8-21(9-11-22)24(28)26-16-14-25(15-17-26)18-20-6-12-23(29-4)13-7-20/h6-13,19H,5,14-18H2,1-4H3. The van der Waals surface area contributed by atoms with E-state index in [1.165, 1.54) is 11.3 Å². The van der Waals surface area contributed by atoms with Crippen molar-refractivity contribution < 1.29 is 9.53 Å². The van der Waals surface area contributed by atoms with Gasteiger partial charge in [-0.15, -0.1) is 0 Å². The van der Waals surface area contributed by atoms with Crippen molar-refractivity contribution >= 4 is 11.6 Å². The van der Waals surface area contributed by atoms with Crippen molar-refractivity contribution in [2.24, 2.45) is 0 Å². The van der Waals surface area contributed by atoms with E-state index < -0.39 is 0 Å². The van der Waals surface area contributed by atoms with Gasteiger partial charge in [-0.3, -0.25) is 9.69 Å². The zero-order valence-electron chi connectivity index (χ0n) is 18.1. The maximum Gasteiger partial charge on any atom is 0.253 e. The van der Waals surface area contributed by atoms with Gasteiger partial charge in [0.15, 0.2) is 0 Å². The topological polar surface area (TPSA) is 36.0 Å². The Hall–Kier alpha value is -2.53. The average molecular weight is 396 g/mol. The van der Waals surface area contributed by atoms with Gasteiger partial charge >= 0.3 is 0 Å². The predicted octanol–water partition coefficient (Wildman–Crippen LogP) is 3.89. The van der Waals surface area contributed by atoms with Crippen LogP contribution in [0.2, 0.25) is 0 Å². The number of amides is 1. The molecule has 0 radical (unpaired) electrons. The van der Waals surface area contributed by atoms with Crippen LogP contribution >= 0.6 is 0 Å². The monoisotopic (exact) mass is 395 g/mol. The lowest BCUT2D eigenvalue weighted by atomic mass is 10.1. The van der Waals surface area contributed by atoms with Gasteiger partial charge < -0.3 is 14.5 Å². The third-order valence-electron chi connectivity index (χ3n) is 5.63. The minimum Gasteiger partial charge on any atom is -0.497 e. The summed E-state index contributed by atoms with van der Waals surface area (Å²) in [6.45, 7) is 11.7. The highest BCUT2D eigenvalue weighted by Crippen LogP contribution is 2.19. The number of nitrogens with zero attached hydrogens (tertiary/aromatic N) is 3. The SMILES string of the molecule is CCN(c1ccc(C(=O)N2CCN(Cc3ccc(OC)cc3)CC2)cc1)C(C)C. The largest absolute Gasteiger partial charge is 0.497 e. The Labute approximate surface area is 174 Å². The molecular weight excluding hydrogens is 362 g/mol. The number of hydrogen-bond donors (Lipinski definition) is 0. The molecule has 0 aliphatic carbocycles. The number of rotatable bonds is 7. The van der Waals surface area contributed by atoms with Crippen LogP contribution in [0.4, 0.5) is 5.69 Å². The van der Waals surface area contributed by atoms with Crippen LogP contribution in [0, 0.1) is 0 Å². The summed E-state index contributed by atoms with van der Waals surface area (Å²) in [5, 5.41) is 0. The van der Waals surface area contributed by atoms with Crippen molar-refractivity contribution in [2.75, 3.05) is 44.7 Å². The smallest absolute Gasteiger partial charge is 0.253 e. The van der Waals surface area contributed by atoms with E-state index in [2.05, 4.69) is 54.8 Å². The van der Waals surface area contributed by atoms with Gasteiger partial charge in [0.25, 0.3) is 5.91 Å². The van der Waals surface area contributed by atoms with Crippen molar-refractivity contribution in [1.29, 1.82) is 0 Å². The second-order valence-electron chi connectivity index (χ2n) is 7.84. The van der Waals surface area contributed by atoms with Gasteiger partial charge in [0, 0.05) is 56.6 Å².